The van der Waals surface area contributed by atoms with Gasteiger partial charge in [0.25, 0.3) is 11.6 Å². The first-order valence-corrected chi connectivity index (χ1v) is 17.6. The van der Waals surface area contributed by atoms with Crippen molar-refractivity contribution in [2.75, 3.05) is 0 Å². The molecule has 0 saturated carbocycles. The molecular weight excluding hydrogens is 576 g/mol. The third kappa shape index (κ3) is 14.1. The predicted octanol–water partition coefficient (Wildman–Crippen LogP) is 4.22. The second-order valence-electron chi connectivity index (χ2n) is 10.6. The molecule has 2 aromatic heterocycles. The van der Waals surface area contributed by atoms with Crippen LogP contribution in [0.25, 0.3) is 0 Å². The Balaban J connectivity index is 0.000000315. The van der Waals surface area contributed by atoms with Crippen molar-refractivity contribution < 1.29 is 35.1 Å². The summed E-state index contributed by atoms with van der Waals surface area (Å²) in [4.78, 5) is -1.16. The number of aromatic nitrogens is 4. The molecule has 0 amide bonds. The minimum Gasteiger partial charge on any atom is -0.744 e. The molecule has 238 valence electrons. The molecule has 0 unspecified atom stereocenters. The fraction of sp³-hybridized carbons (Fsp3) is 0.600. The number of rotatable bonds is 14. The number of unbranched alkanes of at least 4 members (excludes halogenated alkanes) is 8. The van der Waals surface area contributed by atoms with Gasteiger partial charge >= 0.3 is 0 Å². The van der Waals surface area contributed by atoms with Gasteiger partial charge in [0.1, 0.15) is 45.0 Å². The molecule has 12 heteroatoms. The molecule has 0 aliphatic heterocycles. The molecule has 0 atom stereocenters. The summed E-state index contributed by atoms with van der Waals surface area (Å²) < 4.78 is 71.4. The van der Waals surface area contributed by atoms with E-state index in [0.29, 0.717) is 0 Å². The van der Waals surface area contributed by atoms with E-state index >= 15 is 0 Å². The monoisotopic (exact) mass is 626 g/mol. The van der Waals surface area contributed by atoms with E-state index in [1.807, 2.05) is 0 Å². The highest BCUT2D eigenvalue weighted by Gasteiger charge is 2.10. The van der Waals surface area contributed by atoms with Crippen LogP contribution in [0.4, 0.5) is 0 Å². The van der Waals surface area contributed by atoms with Crippen molar-refractivity contribution in [3.8, 4) is 0 Å². The second kappa shape index (κ2) is 18.9. The smallest absolute Gasteiger partial charge is 0.255 e. The highest BCUT2D eigenvalue weighted by atomic mass is 32.2. The van der Waals surface area contributed by atoms with Gasteiger partial charge in [-0.25, -0.2) is 35.1 Å². The van der Waals surface area contributed by atoms with Crippen LogP contribution in [-0.4, -0.2) is 35.1 Å². The Hall–Kier alpha value is -2.54. The predicted molar refractivity (Wildman–Crippen MR) is 160 cm³/mol. The van der Waals surface area contributed by atoms with Crippen LogP contribution in [-0.2, 0) is 61.3 Å². The van der Waals surface area contributed by atoms with Crippen molar-refractivity contribution in [1.29, 1.82) is 0 Å². The van der Waals surface area contributed by atoms with Crippen LogP contribution >= 0.6 is 0 Å². The van der Waals surface area contributed by atoms with Gasteiger partial charge in [0, 0.05) is 12.8 Å². The molecule has 0 aliphatic rings. The Morgan fingerprint density at radius 3 is 1.14 bits per heavy atom. The van der Waals surface area contributed by atoms with Crippen LogP contribution in [0.15, 0.2) is 58.8 Å². The number of aryl methyl sites for hydroxylation is 4. The summed E-state index contributed by atoms with van der Waals surface area (Å²) in [6.45, 7) is 4.52. The molecule has 0 N–H and O–H groups in total. The molecule has 2 heterocycles. The lowest BCUT2D eigenvalue weighted by Crippen LogP contribution is -2.31. The molecule has 0 bridgehead atoms. The number of hydrogen-bond donors (Lipinski definition) is 0. The van der Waals surface area contributed by atoms with E-state index in [0.717, 1.165) is 24.3 Å². The third-order valence-electron chi connectivity index (χ3n) is 7.07. The average molecular weight is 627 g/mol. The molecule has 3 rings (SSSR count). The number of nitrogens with zero attached hydrogens (tertiary/aromatic N) is 4. The Labute approximate surface area is 253 Å². The minimum absolute atomic E-state index is 0.579. The standard InChI is InChI=1S/2C12H23N2.C6H6O6S2/c2*1-4-5-6-7-8-9-12-13(2)10-11-14(12)3;7-13(8,9)5-1-2-6(4-3-5)14(10,11)12/h2*10-11H,4-9H2,1-3H3;1-4H,(H,7,8,9)(H,10,11,12)/q2*+1;/p-2. The molecule has 0 saturated heterocycles. The first-order valence-electron chi connectivity index (χ1n) is 14.7. The van der Waals surface area contributed by atoms with Crippen LogP contribution < -0.4 is 9.13 Å². The highest BCUT2D eigenvalue weighted by Crippen LogP contribution is 2.13. The van der Waals surface area contributed by atoms with E-state index in [1.54, 1.807) is 0 Å². The van der Waals surface area contributed by atoms with Gasteiger partial charge in [0.05, 0.1) is 38.0 Å². The van der Waals surface area contributed by atoms with E-state index in [4.69, 9.17) is 0 Å². The highest BCUT2D eigenvalue weighted by molar-refractivity contribution is 7.86. The van der Waals surface area contributed by atoms with E-state index in [9.17, 15) is 25.9 Å². The zero-order valence-electron chi connectivity index (χ0n) is 26.2. The van der Waals surface area contributed by atoms with Gasteiger partial charge < -0.3 is 9.11 Å². The van der Waals surface area contributed by atoms with Gasteiger partial charge in [-0.1, -0.05) is 65.2 Å². The van der Waals surface area contributed by atoms with Gasteiger partial charge in [-0.3, -0.25) is 0 Å². The summed E-state index contributed by atoms with van der Waals surface area (Å²) in [6, 6.07) is 3.08. The third-order valence-corrected chi connectivity index (χ3v) is 8.76. The zero-order valence-corrected chi connectivity index (χ0v) is 27.8. The van der Waals surface area contributed by atoms with Crippen molar-refractivity contribution >= 4 is 20.2 Å². The fourth-order valence-electron chi connectivity index (χ4n) is 4.49. The van der Waals surface area contributed by atoms with Crippen molar-refractivity contribution in [3.63, 3.8) is 0 Å². The van der Waals surface area contributed by atoms with Crippen LogP contribution in [0.2, 0.25) is 0 Å². The summed E-state index contributed by atoms with van der Waals surface area (Å²) in [5.41, 5.74) is 0. The second-order valence-corrected chi connectivity index (χ2v) is 13.3. The summed E-state index contributed by atoms with van der Waals surface area (Å²) >= 11 is 0. The van der Waals surface area contributed by atoms with E-state index in [-0.39, 0.29) is 0 Å². The summed E-state index contributed by atoms with van der Waals surface area (Å²) in [5.74, 6) is 2.86. The molecule has 0 spiro atoms. The van der Waals surface area contributed by atoms with Crippen molar-refractivity contribution in [2.45, 2.75) is 101 Å². The Morgan fingerprint density at radius 2 is 0.905 bits per heavy atom. The molecule has 0 fully saturated rings. The maximum Gasteiger partial charge on any atom is 0.255 e. The van der Waals surface area contributed by atoms with Crippen LogP contribution in [0.5, 0.6) is 0 Å². The minimum atomic E-state index is -4.61. The largest absolute Gasteiger partial charge is 0.744 e. The van der Waals surface area contributed by atoms with E-state index in [2.05, 4.69) is 85.1 Å². The van der Waals surface area contributed by atoms with E-state index in [1.165, 1.54) is 88.7 Å². The SMILES string of the molecule is CCCCCCCc1n(C)cc[n+]1C.CCCCCCCc1n(C)cc[n+]1C.O=S(=O)([O-])c1ccc(S(=O)(=O)[O-])cc1. The molecule has 1 aromatic carbocycles. The molecule has 10 nitrogen and oxygen atoms in total. The first-order chi connectivity index (χ1) is 19.7. The van der Waals surface area contributed by atoms with Crippen molar-refractivity contribution in [3.05, 3.63) is 60.7 Å². The van der Waals surface area contributed by atoms with Crippen molar-refractivity contribution in [2.24, 2.45) is 28.2 Å². The van der Waals surface area contributed by atoms with Crippen molar-refractivity contribution in [1.82, 2.24) is 9.13 Å². The quantitative estimate of drug-likeness (QED) is 0.150. The molecule has 0 radical (unpaired) electrons. The van der Waals surface area contributed by atoms with Gasteiger partial charge in [0.2, 0.25) is 0 Å². The summed E-state index contributed by atoms with van der Waals surface area (Å²) in [7, 11) is -0.718. The first kappa shape index (κ1) is 37.5. The number of benzene rings is 1. The summed E-state index contributed by atoms with van der Waals surface area (Å²) in [5, 5.41) is 0. The Kier molecular flexibility index (Phi) is 16.9. The molecule has 3 aromatic rings. The topological polar surface area (TPSA) is 132 Å². The van der Waals surface area contributed by atoms with Crippen LogP contribution in [0, 0.1) is 0 Å². The lowest BCUT2D eigenvalue weighted by atomic mass is 10.1. The molecular formula is C30H50N4O6S2. The van der Waals surface area contributed by atoms with Gasteiger partial charge in [-0.15, -0.1) is 0 Å². The molecule has 0 aliphatic carbocycles. The Morgan fingerprint density at radius 1 is 0.595 bits per heavy atom. The lowest BCUT2D eigenvalue weighted by Gasteiger charge is -2.09. The molecule has 42 heavy (non-hydrogen) atoms. The summed E-state index contributed by atoms with van der Waals surface area (Å²) in [6.07, 6.45) is 24.6. The zero-order chi connectivity index (χ0) is 31.8. The normalized spacial score (nSPS) is 11.4. The fourth-order valence-corrected chi connectivity index (χ4v) is 5.43. The maximum absolute atomic E-state index is 10.4. The maximum atomic E-state index is 10.4. The van der Waals surface area contributed by atoms with Gasteiger partial charge in [-0.05, 0) is 37.1 Å². The van der Waals surface area contributed by atoms with Gasteiger partial charge in [-0.2, -0.15) is 0 Å². The average Bonchev–Trinajstić information content (AvgIpc) is 3.43. The number of hydrogen-bond acceptors (Lipinski definition) is 6. The van der Waals surface area contributed by atoms with Crippen LogP contribution in [0.1, 0.15) is 89.7 Å². The Bertz CT molecular complexity index is 1250. The van der Waals surface area contributed by atoms with Crippen LogP contribution in [0.3, 0.4) is 0 Å². The lowest BCUT2D eigenvalue weighted by molar-refractivity contribution is -0.678. The van der Waals surface area contributed by atoms with E-state index < -0.39 is 30.0 Å². The van der Waals surface area contributed by atoms with Gasteiger partial charge in [0.15, 0.2) is 0 Å². The number of imidazole rings is 2.